The van der Waals surface area contributed by atoms with Crippen molar-refractivity contribution in [1.82, 2.24) is 0 Å². The van der Waals surface area contributed by atoms with E-state index in [0.717, 1.165) is 30.9 Å². The zero-order valence-electron chi connectivity index (χ0n) is 13.0. The van der Waals surface area contributed by atoms with E-state index in [1.165, 1.54) is 0 Å². The molecule has 1 aliphatic rings. The van der Waals surface area contributed by atoms with Gasteiger partial charge in [0, 0.05) is 42.1 Å². The monoisotopic (exact) mass is 310 g/mol. The van der Waals surface area contributed by atoms with Crippen LogP contribution in [0.3, 0.4) is 0 Å². The quantitative estimate of drug-likeness (QED) is 0.807. The fourth-order valence-corrected chi connectivity index (χ4v) is 2.94. The minimum atomic E-state index is -0.111. The first-order valence-electron chi connectivity index (χ1n) is 7.84. The molecule has 0 spiro atoms. The summed E-state index contributed by atoms with van der Waals surface area (Å²) in [6.45, 7) is 1.62. The molecule has 5 heteroatoms. The summed E-state index contributed by atoms with van der Waals surface area (Å²) in [5, 5.41) is 2.90. The van der Waals surface area contributed by atoms with Crippen molar-refractivity contribution in [2.75, 3.05) is 23.3 Å². The molecule has 3 rings (SSSR count). The molecular weight excluding hydrogens is 288 g/mol. The van der Waals surface area contributed by atoms with E-state index >= 15 is 0 Å². The Morgan fingerprint density at radius 1 is 0.957 bits per heavy atom. The number of nitrogens with zero attached hydrogens (tertiary/aromatic N) is 1. The standard InChI is InChI=1S/C18H22N4O/c19-14-10-15(20)12-22(11-14)17-8-6-16(7-9-17)21-18(23)13-4-2-1-3-5-13/h1-9,14-15H,10-12,19-20H2,(H,21,23). The summed E-state index contributed by atoms with van der Waals surface area (Å²) >= 11 is 0. The van der Waals surface area contributed by atoms with Crippen LogP contribution in [0.2, 0.25) is 0 Å². The van der Waals surface area contributed by atoms with Gasteiger partial charge in [0.15, 0.2) is 0 Å². The number of anilines is 2. The van der Waals surface area contributed by atoms with Gasteiger partial charge in [-0.05, 0) is 42.8 Å². The van der Waals surface area contributed by atoms with Crippen LogP contribution >= 0.6 is 0 Å². The number of carbonyl (C=O) groups is 1. The summed E-state index contributed by atoms with van der Waals surface area (Å²) < 4.78 is 0. The number of carbonyl (C=O) groups excluding carboxylic acids is 1. The molecule has 1 fully saturated rings. The number of hydrogen-bond acceptors (Lipinski definition) is 4. The largest absolute Gasteiger partial charge is 0.368 e. The number of piperidine rings is 1. The zero-order valence-corrected chi connectivity index (χ0v) is 13.0. The normalized spacial score (nSPS) is 21.0. The molecule has 0 aromatic heterocycles. The van der Waals surface area contributed by atoms with Gasteiger partial charge in [0.2, 0.25) is 0 Å². The third-order valence-corrected chi connectivity index (χ3v) is 4.04. The Kier molecular flexibility index (Phi) is 4.60. The Bertz CT molecular complexity index is 646. The molecule has 0 aliphatic carbocycles. The first-order chi connectivity index (χ1) is 11.1. The molecule has 23 heavy (non-hydrogen) atoms. The van der Waals surface area contributed by atoms with Crippen molar-refractivity contribution in [1.29, 1.82) is 0 Å². The average Bonchev–Trinajstić information content (AvgIpc) is 2.55. The van der Waals surface area contributed by atoms with Crippen molar-refractivity contribution in [3.05, 3.63) is 60.2 Å². The van der Waals surface area contributed by atoms with Crippen molar-refractivity contribution in [3.63, 3.8) is 0 Å². The fourth-order valence-electron chi connectivity index (χ4n) is 2.94. The molecule has 1 heterocycles. The van der Waals surface area contributed by atoms with Gasteiger partial charge >= 0.3 is 0 Å². The number of hydrogen-bond donors (Lipinski definition) is 3. The summed E-state index contributed by atoms with van der Waals surface area (Å²) in [5.74, 6) is -0.111. The van der Waals surface area contributed by atoms with Gasteiger partial charge in [0.05, 0.1) is 0 Å². The van der Waals surface area contributed by atoms with Crippen LogP contribution in [0.15, 0.2) is 54.6 Å². The van der Waals surface area contributed by atoms with E-state index in [1.54, 1.807) is 12.1 Å². The highest BCUT2D eigenvalue weighted by atomic mass is 16.1. The summed E-state index contributed by atoms with van der Waals surface area (Å²) in [7, 11) is 0. The Morgan fingerprint density at radius 2 is 1.57 bits per heavy atom. The number of benzene rings is 2. The van der Waals surface area contributed by atoms with E-state index in [9.17, 15) is 4.79 Å². The highest BCUT2D eigenvalue weighted by Gasteiger charge is 2.22. The van der Waals surface area contributed by atoms with Gasteiger partial charge in [-0.15, -0.1) is 0 Å². The van der Waals surface area contributed by atoms with Gasteiger partial charge in [-0.1, -0.05) is 18.2 Å². The first kappa shape index (κ1) is 15.5. The van der Waals surface area contributed by atoms with Gasteiger partial charge in [-0.3, -0.25) is 4.79 Å². The average molecular weight is 310 g/mol. The third kappa shape index (κ3) is 3.88. The van der Waals surface area contributed by atoms with E-state index in [-0.39, 0.29) is 18.0 Å². The van der Waals surface area contributed by atoms with Gasteiger partial charge in [0.1, 0.15) is 0 Å². The lowest BCUT2D eigenvalue weighted by Gasteiger charge is -2.36. The Hall–Kier alpha value is -2.37. The molecule has 2 aromatic rings. The SMILES string of the molecule is NC1CC(N)CN(c2ccc(NC(=O)c3ccccc3)cc2)C1. The topological polar surface area (TPSA) is 84.4 Å². The van der Waals surface area contributed by atoms with Gasteiger partial charge in [0.25, 0.3) is 5.91 Å². The fraction of sp³-hybridized carbons (Fsp3) is 0.278. The molecule has 2 aromatic carbocycles. The number of amides is 1. The van der Waals surface area contributed by atoms with Crippen molar-refractivity contribution in [2.45, 2.75) is 18.5 Å². The first-order valence-corrected chi connectivity index (χ1v) is 7.84. The van der Waals surface area contributed by atoms with Crippen molar-refractivity contribution in [3.8, 4) is 0 Å². The molecule has 1 aliphatic heterocycles. The second kappa shape index (κ2) is 6.81. The maximum absolute atomic E-state index is 12.1. The molecule has 0 radical (unpaired) electrons. The van der Waals surface area contributed by atoms with Crippen molar-refractivity contribution in [2.24, 2.45) is 11.5 Å². The predicted octanol–water partition coefficient (Wildman–Crippen LogP) is 1.80. The van der Waals surface area contributed by atoms with Gasteiger partial charge in [-0.2, -0.15) is 0 Å². The third-order valence-electron chi connectivity index (χ3n) is 4.04. The number of rotatable bonds is 3. The van der Waals surface area contributed by atoms with Crippen LogP contribution < -0.4 is 21.7 Å². The van der Waals surface area contributed by atoms with Gasteiger partial charge < -0.3 is 21.7 Å². The molecule has 2 atom stereocenters. The van der Waals surface area contributed by atoms with Crippen LogP contribution in [-0.4, -0.2) is 31.1 Å². The van der Waals surface area contributed by atoms with Crippen molar-refractivity contribution < 1.29 is 4.79 Å². The lowest BCUT2D eigenvalue weighted by Crippen LogP contribution is -2.52. The van der Waals surface area contributed by atoms with Crippen molar-refractivity contribution >= 4 is 17.3 Å². The van der Waals surface area contributed by atoms with E-state index in [1.807, 2.05) is 42.5 Å². The molecule has 2 unspecified atom stereocenters. The molecular formula is C18H22N4O. The smallest absolute Gasteiger partial charge is 0.255 e. The number of nitrogens with one attached hydrogen (secondary N) is 1. The van der Waals surface area contributed by atoms with Crippen LogP contribution in [0.1, 0.15) is 16.8 Å². The summed E-state index contributed by atoms with van der Waals surface area (Å²) in [6.07, 6.45) is 0.863. The Morgan fingerprint density at radius 3 is 2.17 bits per heavy atom. The molecule has 0 bridgehead atoms. The van der Waals surface area contributed by atoms with E-state index < -0.39 is 0 Å². The van der Waals surface area contributed by atoms with Crippen LogP contribution in [0, 0.1) is 0 Å². The zero-order chi connectivity index (χ0) is 16.2. The molecule has 5 N–H and O–H groups in total. The Balaban J connectivity index is 1.66. The lowest BCUT2D eigenvalue weighted by atomic mass is 10.0. The number of nitrogens with two attached hydrogens (primary N) is 2. The molecule has 5 nitrogen and oxygen atoms in total. The van der Waals surface area contributed by atoms with E-state index in [0.29, 0.717) is 5.56 Å². The van der Waals surface area contributed by atoms with Crippen LogP contribution in [0.25, 0.3) is 0 Å². The maximum atomic E-state index is 12.1. The van der Waals surface area contributed by atoms with Crippen LogP contribution in [-0.2, 0) is 0 Å². The summed E-state index contributed by atoms with van der Waals surface area (Å²) in [5.41, 5.74) is 14.6. The minimum absolute atomic E-state index is 0.108. The highest BCUT2D eigenvalue weighted by molar-refractivity contribution is 6.04. The van der Waals surface area contributed by atoms with Crippen LogP contribution in [0.5, 0.6) is 0 Å². The summed E-state index contributed by atoms with van der Waals surface area (Å²) in [6, 6.07) is 17.2. The van der Waals surface area contributed by atoms with Crippen LogP contribution in [0.4, 0.5) is 11.4 Å². The predicted molar refractivity (Wildman–Crippen MR) is 93.6 cm³/mol. The summed E-state index contributed by atoms with van der Waals surface area (Å²) in [4.78, 5) is 14.3. The molecule has 1 saturated heterocycles. The Labute approximate surface area is 136 Å². The second-order valence-electron chi connectivity index (χ2n) is 6.03. The maximum Gasteiger partial charge on any atom is 0.255 e. The van der Waals surface area contributed by atoms with E-state index in [2.05, 4.69) is 10.2 Å². The second-order valence-corrected chi connectivity index (χ2v) is 6.03. The van der Waals surface area contributed by atoms with Gasteiger partial charge in [-0.25, -0.2) is 0 Å². The highest BCUT2D eigenvalue weighted by Crippen LogP contribution is 2.21. The molecule has 0 saturated carbocycles. The lowest BCUT2D eigenvalue weighted by molar-refractivity contribution is 0.102. The van der Waals surface area contributed by atoms with E-state index in [4.69, 9.17) is 11.5 Å². The molecule has 1 amide bonds. The minimum Gasteiger partial charge on any atom is -0.368 e. The molecule has 120 valence electrons.